The Labute approximate surface area is 117 Å². The standard InChI is InChI=1S/C13H27N3O2S/c1-2-14-12-13-8-4-7-11-16(13)19(17,18)15-9-5-3-6-10-15/h13-14H,2-12H2,1H3. The Morgan fingerprint density at radius 1 is 1.05 bits per heavy atom. The monoisotopic (exact) mass is 289 g/mol. The van der Waals surface area contributed by atoms with E-state index in [1.54, 1.807) is 8.61 Å². The van der Waals surface area contributed by atoms with E-state index >= 15 is 0 Å². The van der Waals surface area contributed by atoms with Crippen molar-refractivity contribution in [1.82, 2.24) is 13.9 Å². The van der Waals surface area contributed by atoms with Crippen LogP contribution in [0.5, 0.6) is 0 Å². The molecule has 1 atom stereocenters. The van der Waals surface area contributed by atoms with E-state index < -0.39 is 10.2 Å². The van der Waals surface area contributed by atoms with E-state index in [1.165, 1.54) is 0 Å². The average Bonchev–Trinajstić information content (AvgIpc) is 2.46. The van der Waals surface area contributed by atoms with Crippen molar-refractivity contribution in [3.63, 3.8) is 0 Å². The molecule has 0 spiro atoms. The summed E-state index contributed by atoms with van der Waals surface area (Å²) in [5.41, 5.74) is 0. The second-order valence-corrected chi connectivity index (χ2v) is 7.42. The van der Waals surface area contributed by atoms with Gasteiger partial charge in [-0.2, -0.15) is 17.0 Å². The molecule has 0 aromatic rings. The van der Waals surface area contributed by atoms with Crippen LogP contribution in [-0.4, -0.2) is 55.8 Å². The van der Waals surface area contributed by atoms with Gasteiger partial charge in [0.15, 0.2) is 0 Å². The molecule has 2 fully saturated rings. The summed E-state index contributed by atoms with van der Waals surface area (Å²) < 4.78 is 28.9. The first-order chi connectivity index (χ1) is 9.16. The van der Waals surface area contributed by atoms with Crippen LogP contribution >= 0.6 is 0 Å². The molecule has 1 N–H and O–H groups in total. The molecule has 2 aliphatic rings. The molecule has 2 aliphatic heterocycles. The van der Waals surface area contributed by atoms with E-state index in [0.717, 1.165) is 51.6 Å². The van der Waals surface area contributed by atoms with Gasteiger partial charge in [0.2, 0.25) is 0 Å². The van der Waals surface area contributed by atoms with Gasteiger partial charge in [-0.25, -0.2) is 0 Å². The van der Waals surface area contributed by atoms with E-state index in [4.69, 9.17) is 0 Å². The molecule has 19 heavy (non-hydrogen) atoms. The number of rotatable bonds is 5. The van der Waals surface area contributed by atoms with Crippen LogP contribution in [0.15, 0.2) is 0 Å². The Morgan fingerprint density at radius 2 is 1.74 bits per heavy atom. The lowest BCUT2D eigenvalue weighted by Gasteiger charge is -2.39. The van der Waals surface area contributed by atoms with Crippen LogP contribution in [0.3, 0.4) is 0 Å². The third kappa shape index (κ3) is 3.68. The van der Waals surface area contributed by atoms with Crippen molar-refractivity contribution in [1.29, 1.82) is 0 Å². The van der Waals surface area contributed by atoms with Gasteiger partial charge in [-0.1, -0.05) is 19.8 Å². The minimum Gasteiger partial charge on any atom is -0.315 e. The van der Waals surface area contributed by atoms with E-state index in [2.05, 4.69) is 12.2 Å². The molecule has 0 amide bonds. The number of nitrogens with one attached hydrogen (secondary N) is 1. The smallest absolute Gasteiger partial charge is 0.282 e. The van der Waals surface area contributed by atoms with Crippen molar-refractivity contribution >= 4 is 10.2 Å². The van der Waals surface area contributed by atoms with Crippen molar-refractivity contribution in [2.75, 3.05) is 32.7 Å². The first-order valence-corrected chi connectivity index (χ1v) is 9.03. The highest BCUT2D eigenvalue weighted by atomic mass is 32.2. The first-order valence-electron chi connectivity index (χ1n) is 7.64. The molecule has 0 radical (unpaired) electrons. The molecule has 2 rings (SSSR count). The zero-order valence-electron chi connectivity index (χ0n) is 12.0. The molecule has 112 valence electrons. The Kier molecular flexibility index (Phi) is 5.62. The predicted octanol–water partition coefficient (Wildman–Crippen LogP) is 1.18. The van der Waals surface area contributed by atoms with Crippen LogP contribution in [0.4, 0.5) is 0 Å². The molecule has 5 nitrogen and oxygen atoms in total. The Balaban J connectivity index is 2.06. The highest BCUT2D eigenvalue weighted by molar-refractivity contribution is 7.86. The third-order valence-corrected chi connectivity index (χ3v) is 6.23. The molecule has 1 unspecified atom stereocenters. The van der Waals surface area contributed by atoms with Crippen LogP contribution < -0.4 is 5.32 Å². The second kappa shape index (κ2) is 7.02. The lowest BCUT2D eigenvalue weighted by Crippen LogP contribution is -2.54. The molecule has 0 aromatic carbocycles. The summed E-state index contributed by atoms with van der Waals surface area (Å²) in [6.07, 6.45) is 6.29. The van der Waals surface area contributed by atoms with Crippen molar-refractivity contribution in [2.24, 2.45) is 0 Å². The van der Waals surface area contributed by atoms with Crippen LogP contribution in [-0.2, 0) is 10.2 Å². The summed E-state index contributed by atoms with van der Waals surface area (Å²) in [5, 5.41) is 3.30. The predicted molar refractivity (Wildman–Crippen MR) is 77.2 cm³/mol. The number of likely N-dealkylation sites (N-methyl/N-ethyl adjacent to an activating group) is 1. The number of hydrogen-bond donors (Lipinski definition) is 1. The summed E-state index contributed by atoms with van der Waals surface area (Å²) in [5.74, 6) is 0. The van der Waals surface area contributed by atoms with E-state index in [1.807, 2.05) is 0 Å². The third-order valence-electron chi connectivity index (χ3n) is 4.14. The van der Waals surface area contributed by atoms with Crippen LogP contribution in [0.1, 0.15) is 45.4 Å². The van der Waals surface area contributed by atoms with Gasteiger partial charge in [0, 0.05) is 32.2 Å². The largest absolute Gasteiger partial charge is 0.315 e. The number of hydrogen-bond acceptors (Lipinski definition) is 3. The minimum absolute atomic E-state index is 0.139. The quantitative estimate of drug-likeness (QED) is 0.827. The van der Waals surface area contributed by atoms with E-state index in [9.17, 15) is 8.42 Å². The van der Waals surface area contributed by atoms with Gasteiger partial charge in [0.1, 0.15) is 0 Å². The van der Waals surface area contributed by atoms with Gasteiger partial charge < -0.3 is 5.32 Å². The molecule has 0 aromatic heterocycles. The van der Waals surface area contributed by atoms with Crippen LogP contribution in [0.25, 0.3) is 0 Å². The zero-order chi connectivity index (χ0) is 13.7. The van der Waals surface area contributed by atoms with Crippen LogP contribution in [0, 0.1) is 0 Å². The fourth-order valence-corrected chi connectivity index (χ4v) is 4.97. The number of nitrogens with zero attached hydrogens (tertiary/aromatic N) is 2. The lowest BCUT2D eigenvalue weighted by atomic mass is 10.1. The molecule has 0 saturated carbocycles. The fraction of sp³-hybridized carbons (Fsp3) is 1.00. The minimum atomic E-state index is -3.24. The lowest BCUT2D eigenvalue weighted by molar-refractivity contribution is 0.220. The highest BCUT2D eigenvalue weighted by Gasteiger charge is 2.36. The summed E-state index contributed by atoms with van der Waals surface area (Å²) in [6.45, 7) is 5.83. The van der Waals surface area contributed by atoms with Gasteiger partial charge in [-0.05, 0) is 32.2 Å². The SMILES string of the molecule is CCNCC1CCCCN1S(=O)(=O)N1CCCCC1. The maximum absolute atomic E-state index is 12.7. The molecule has 0 aliphatic carbocycles. The van der Waals surface area contributed by atoms with E-state index in [-0.39, 0.29) is 6.04 Å². The van der Waals surface area contributed by atoms with Gasteiger partial charge >= 0.3 is 0 Å². The molecule has 0 bridgehead atoms. The molecule has 2 heterocycles. The highest BCUT2D eigenvalue weighted by Crippen LogP contribution is 2.24. The van der Waals surface area contributed by atoms with Gasteiger partial charge in [-0.3, -0.25) is 0 Å². The fourth-order valence-electron chi connectivity index (χ4n) is 3.04. The Morgan fingerprint density at radius 3 is 2.42 bits per heavy atom. The Hall–Kier alpha value is -0.170. The summed E-state index contributed by atoms with van der Waals surface area (Å²) >= 11 is 0. The second-order valence-electron chi connectivity index (χ2n) is 5.54. The molecular weight excluding hydrogens is 262 g/mol. The average molecular weight is 289 g/mol. The van der Waals surface area contributed by atoms with Crippen molar-refractivity contribution < 1.29 is 8.42 Å². The van der Waals surface area contributed by atoms with Gasteiger partial charge in [0.05, 0.1) is 0 Å². The van der Waals surface area contributed by atoms with E-state index in [0.29, 0.717) is 19.6 Å². The normalized spacial score (nSPS) is 27.5. The maximum atomic E-state index is 12.7. The van der Waals surface area contributed by atoms with Crippen molar-refractivity contribution in [3.05, 3.63) is 0 Å². The first kappa shape index (κ1) is 15.2. The molecule has 6 heteroatoms. The summed E-state index contributed by atoms with van der Waals surface area (Å²) in [6, 6.07) is 0.139. The van der Waals surface area contributed by atoms with Crippen LogP contribution in [0.2, 0.25) is 0 Å². The Bertz CT molecular complexity index is 366. The number of piperidine rings is 2. The van der Waals surface area contributed by atoms with Gasteiger partial charge in [-0.15, -0.1) is 0 Å². The van der Waals surface area contributed by atoms with Crippen molar-refractivity contribution in [2.45, 2.75) is 51.5 Å². The zero-order valence-corrected chi connectivity index (χ0v) is 12.8. The maximum Gasteiger partial charge on any atom is 0.282 e. The van der Waals surface area contributed by atoms with Crippen molar-refractivity contribution in [3.8, 4) is 0 Å². The summed E-state index contributed by atoms with van der Waals surface area (Å²) in [7, 11) is -3.24. The van der Waals surface area contributed by atoms with Gasteiger partial charge in [0.25, 0.3) is 10.2 Å². The molecular formula is C13H27N3O2S. The molecule has 2 saturated heterocycles. The summed E-state index contributed by atoms with van der Waals surface area (Å²) in [4.78, 5) is 0. The topological polar surface area (TPSA) is 52.7 Å².